The van der Waals surface area contributed by atoms with E-state index < -0.39 is 0 Å². The lowest BCUT2D eigenvalue weighted by Gasteiger charge is -2.44. The van der Waals surface area contributed by atoms with Crippen LogP contribution in [0.4, 0.5) is 0 Å². The molecule has 2 saturated heterocycles. The van der Waals surface area contributed by atoms with Gasteiger partial charge in [-0.1, -0.05) is 30.3 Å². The van der Waals surface area contributed by atoms with E-state index in [4.69, 9.17) is 0 Å². The molecule has 0 bridgehead atoms. The first-order valence-electron chi connectivity index (χ1n) is 8.88. The Morgan fingerprint density at radius 3 is 2.17 bits per heavy atom. The van der Waals surface area contributed by atoms with Gasteiger partial charge in [-0.05, 0) is 31.4 Å². The highest BCUT2D eigenvalue weighted by Crippen LogP contribution is 2.36. The van der Waals surface area contributed by atoms with Gasteiger partial charge in [0, 0.05) is 52.2 Å². The summed E-state index contributed by atoms with van der Waals surface area (Å²) in [4.78, 5) is 18.7. The number of piperidine rings is 1. The zero-order valence-corrected chi connectivity index (χ0v) is 14.4. The Balaban J connectivity index is 1.75. The second-order valence-corrected chi connectivity index (χ2v) is 7.04. The van der Waals surface area contributed by atoms with Gasteiger partial charge in [-0.2, -0.15) is 0 Å². The molecule has 2 fully saturated rings. The molecule has 1 aromatic carbocycles. The monoisotopic (exact) mass is 315 g/mol. The lowest BCUT2D eigenvalue weighted by atomic mass is 9.84. The molecule has 126 valence electrons. The minimum absolute atomic E-state index is 0.222. The number of likely N-dealkylation sites (tertiary alicyclic amines) is 1. The maximum absolute atomic E-state index is 11.6. The summed E-state index contributed by atoms with van der Waals surface area (Å²) in [7, 11) is 2.21. The number of nitrogens with zero attached hydrogens (tertiary/aromatic N) is 3. The van der Waals surface area contributed by atoms with Crippen LogP contribution in [0.3, 0.4) is 0 Å². The van der Waals surface area contributed by atoms with Crippen LogP contribution in [0.25, 0.3) is 0 Å². The molecule has 0 aliphatic carbocycles. The first-order chi connectivity index (χ1) is 11.1. The second-order valence-electron chi connectivity index (χ2n) is 7.04. The molecule has 4 nitrogen and oxygen atoms in total. The molecule has 23 heavy (non-hydrogen) atoms. The fourth-order valence-electron chi connectivity index (χ4n) is 4.06. The lowest BCUT2D eigenvalue weighted by Crippen LogP contribution is -2.49. The summed E-state index contributed by atoms with van der Waals surface area (Å²) in [6.07, 6.45) is 2.23. The topological polar surface area (TPSA) is 26.8 Å². The number of likely N-dealkylation sites (N-methyl/N-ethyl adjacent to an activating group) is 1. The minimum atomic E-state index is 0.222. The van der Waals surface area contributed by atoms with Crippen LogP contribution in [-0.4, -0.2) is 66.9 Å². The molecular formula is C19H29N3O. The number of hydrogen-bond acceptors (Lipinski definition) is 3. The fourth-order valence-corrected chi connectivity index (χ4v) is 4.06. The van der Waals surface area contributed by atoms with Crippen molar-refractivity contribution in [3.63, 3.8) is 0 Å². The van der Waals surface area contributed by atoms with Crippen LogP contribution in [0.5, 0.6) is 0 Å². The fraction of sp³-hybridized carbons (Fsp3) is 0.632. The van der Waals surface area contributed by atoms with Gasteiger partial charge in [-0.15, -0.1) is 0 Å². The zero-order chi connectivity index (χ0) is 16.2. The predicted molar refractivity (Wildman–Crippen MR) is 93.2 cm³/mol. The van der Waals surface area contributed by atoms with Crippen molar-refractivity contribution in [2.24, 2.45) is 5.92 Å². The molecular weight excluding hydrogens is 286 g/mol. The summed E-state index contributed by atoms with van der Waals surface area (Å²) in [5, 5.41) is 0. The Bertz CT molecular complexity index is 503. The molecule has 1 amide bonds. The van der Waals surface area contributed by atoms with E-state index in [2.05, 4.69) is 47.2 Å². The van der Waals surface area contributed by atoms with Crippen molar-refractivity contribution in [1.82, 2.24) is 14.7 Å². The van der Waals surface area contributed by atoms with Crippen LogP contribution in [0.1, 0.15) is 31.4 Å². The first-order valence-corrected chi connectivity index (χ1v) is 8.88. The largest absolute Gasteiger partial charge is 0.343 e. The van der Waals surface area contributed by atoms with Gasteiger partial charge in [0.15, 0.2) is 0 Å². The Labute approximate surface area is 140 Å². The molecule has 3 rings (SSSR count). The zero-order valence-electron chi connectivity index (χ0n) is 14.4. The number of carbonyl (C=O) groups is 1. The van der Waals surface area contributed by atoms with Gasteiger partial charge in [-0.3, -0.25) is 9.69 Å². The molecule has 0 radical (unpaired) electrons. The number of amides is 1. The van der Waals surface area contributed by atoms with Crippen molar-refractivity contribution in [2.75, 3.05) is 46.3 Å². The highest BCUT2D eigenvalue weighted by molar-refractivity contribution is 5.73. The maximum Gasteiger partial charge on any atom is 0.219 e. The standard InChI is InChI=1S/C19H29N3O/c1-16(23)21-10-8-18(9-11-21)19(17-6-4-3-5-7-17)22-14-12-20(2)13-15-22/h3-7,18-19H,8-15H2,1-2H3. The lowest BCUT2D eigenvalue weighted by molar-refractivity contribution is -0.130. The number of benzene rings is 1. The van der Waals surface area contributed by atoms with Gasteiger partial charge >= 0.3 is 0 Å². The number of hydrogen-bond donors (Lipinski definition) is 0. The van der Waals surface area contributed by atoms with E-state index in [0.717, 1.165) is 52.1 Å². The van der Waals surface area contributed by atoms with Crippen LogP contribution in [0.2, 0.25) is 0 Å². The first kappa shape index (κ1) is 16.5. The predicted octanol–water partition coefficient (Wildman–Crippen LogP) is 2.23. The molecule has 4 heteroatoms. The van der Waals surface area contributed by atoms with Crippen molar-refractivity contribution < 1.29 is 4.79 Å². The third kappa shape index (κ3) is 3.93. The summed E-state index contributed by atoms with van der Waals surface area (Å²) in [6.45, 7) is 8.10. The van der Waals surface area contributed by atoms with Crippen molar-refractivity contribution in [2.45, 2.75) is 25.8 Å². The number of rotatable bonds is 3. The molecule has 0 N–H and O–H groups in total. The third-order valence-corrected chi connectivity index (χ3v) is 5.50. The molecule has 1 unspecified atom stereocenters. The SMILES string of the molecule is CC(=O)N1CCC(C(c2ccccc2)N2CCN(C)CC2)CC1. The maximum atomic E-state index is 11.6. The Morgan fingerprint density at radius 1 is 1.00 bits per heavy atom. The van der Waals surface area contributed by atoms with Crippen LogP contribution in [-0.2, 0) is 4.79 Å². The molecule has 0 saturated carbocycles. The summed E-state index contributed by atoms with van der Waals surface area (Å²) < 4.78 is 0. The van der Waals surface area contributed by atoms with Gasteiger partial charge in [0.25, 0.3) is 0 Å². The second kappa shape index (κ2) is 7.45. The molecule has 1 atom stereocenters. The quantitative estimate of drug-likeness (QED) is 0.856. The van der Waals surface area contributed by atoms with Gasteiger partial charge < -0.3 is 9.80 Å². The van der Waals surface area contributed by atoms with Gasteiger partial charge in [0.05, 0.1) is 0 Å². The van der Waals surface area contributed by atoms with Gasteiger partial charge in [0.1, 0.15) is 0 Å². The Kier molecular flexibility index (Phi) is 5.34. The van der Waals surface area contributed by atoms with Gasteiger partial charge in [-0.25, -0.2) is 0 Å². The van der Waals surface area contributed by atoms with E-state index in [1.807, 2.05) is 4.90 Å². The minimum Gasteiger partial charge on any atom is -0.343 e. The average Bonchev–Trinajstić information content (AvgIpc) is 2.58. The highest BCUT2D eigenvalue weighted by atomic mass is 16.2. The highest BCUT2D eigenvalue weighted by Gasteiger charge is 2.33. The third-order valence-electron chi connectivity index (χ3n) is 5.50. The molecule has 1 aromatic rings. The molecule has 0 spiro atoms. The van der Waals surface area contributed by atoms with Crippen LogP contribution in [0.15, 0.2) is 30.3 Å². The van der Waals surface area contributed by atoms with Crippen LogP contribution in [0, 0.1) is 5.92 Å². The van der Waals surface area contributed by atoms with E-state index in [0.29, 0.717) is 12.0 Å². The van der Waals surface area contributed by atoms with E-state index >= 15 is 0 Å². The van der Waals surface area contributed by atoms with Crippen molar-refractivity contribution in [3.8, 4) is 0 Å². The van der Waals surface area contributed by atoms with E-state index in [1.165, 1.54) is 5.56 Å². The van der Waals surface area contributed by atoms with E-state index in [-0.39, 0.29) is 5.91 Å². The Hall–Kier alpha value is -1.39. The summed E-state index contributed by atoms with van der Waals surface area (Å²) in [5.74, 6) is 0.871. The van der Waals surface area contributed by atoms with Gasteiger partial charge in [0.2, 0.25) is 5.91 Å². The average molecular weight is 315 g/mol. The van der Waals surface area contributed by atoms with Crippen molar-refractivity contribution in [3.05, 3.63) is 35.9 Å². The summed E-state index contributed by atoms with van der Waals surface area (Å²) in [6, 6.07) is 11.5. The summed E-state index contributed by atoms with van der Waals surface area (Å²) >= 11 is 0. The molecule has 2 aliphatic rings. The van der Waals surface area contributed by atoms with Crippen LogP contribution >= 0.6 is 0 Å². The smallest absolute Gasteiger partial charge is 0.219 e. The van der Waals surface area contributed by atoms with E-state index in [1.54, 1.807) is 6.92 Å². The van der Waals surface area contributed by atoms with E-state index in [9.17, 15) is 4.79 Å². The normalized spacial score (nSPS) is 23.0. The van der Waals surface area contributed by atoms with Crippen molar-refractivity contribution in [1.29, 1.82) is 0 Å². The Morgan fingerprint density at radius 2 is 1.61 bits per heavy atom. The molecule has 2 heterocycles. The molecule has 0 aromatic heterocycles. The summed E-state index contributed by atoms with van der Waals surface area (Å²) in [5.41, 5.74) is 1.44. The van der Waals surface area contributed by atoms with Crippen LogP contribution < -0.4 is 0 Å². The number of piperazine rings is 1. The van der Waals surface area contributed by atoms with Crippen molar-refractivity contribution >= 4 is 5.91 Å². The molecule has 2 aliphatic heterocycles. The number of carbonyl (C=O) groups excluding carboxylic acids is 1.